The third kappa shape index (κ3) is 1.68. The third-order valence-corrected chi connectivity index (χ3v) is 3.26. The summed E-state index contributed by atoms with van der Waals surface area (Å²) in [6.07, 6.45) is -0.184. The molecule has 2 unspecified atom stereocenters. The van der Waals surface area contributed by atoms with Gasteiger partial charge in [0.2, 0.25) is 0 Å². The molecule has 0 amide bonds. The van der Waals surface area contributed by atoms with Crippen molar-refractivity contribution in [3.05, 3.63) is 22.4 Å². The van der Waals surface area contributed by atoms with E-state index in [1.54, 1.807) is 25.4 Å². The van der Waals surface area contributed by atoms with Crippen LogP contribution in [0, 0.1) is 0 Å². The number of aliphatic hydroxyl groups is 1. The molecule has 0 saturated heterocycles. The van der Waals surface area contributed by atoms with Crippen molar-refractivity contribution in [3.63, 3.8) is 0 Å². The highest BCUT2D eigenvalue weighted by molar-refractivity contribution is 7.10. The average Bonchev–Trinajstić information content (AvgIpc) is 2.55. The molecule has 2 nitrogen and oxygen atoms in total. The lowest BCUT2D eigenvalue weighted by atomic mass is 9.99. The van der Waals surface area contributed by atoms with Crippen LogP contribution in [-0.4, -0.2) is 18.3 Å². The molecule has 1 heterocycles. The molecule has 12 heavy (non-hydrogen) atoms. The van der Waals surface area contributed by atoms with Gasteiger partial charge in [0.25, 0.3) is 0 Å². The first-order chi connectivity index (χ1) is 5.59. The quantitative estimate of drug-likeness (QED) is 0.782. The Morgan fingerprint density at radius 3 is 2.75 bits per heavy atom. The molecule has 1 aromatic rings. The Bertz CT molecular complexity index is 229. The van der Waals surface area contributed by atoms with E-state index in [1.165, 1.54) is 0 Å². The van der Waals surface area contributed by atoms with Crippen molar-refractivity contribution < 1.29 is 9.84 Å². The van der Waals surface area contributed by atoms with Crippen LogP contribution in [0.15, 0.2) is 17.5 Å². The van der Waals surface area contributed by atoms with Gasteiger partial charge in [0.1, 0.15) is 5.60 Å². The summed E-state index contributed by atoms with van der Waals surface area (Å²) in [6, 6.07) is 3.84. The molecule has 1 aromatic heterocycles. The molecule has 1 N–H and O–H groups in total. The van der Waals surface area contributed by atoms with Gasteiger partial charge < -0.3 is 9.84 Å². The maximum Gasteiger partial charge on any atom is 0.122 e. The molecule has 0 fully saturated rings. The van der Waals surface area contributed by atoms with Gasteiger partial charge in [0.05, 0.1) is 6.10 Å². The number of hydrogen-bond acceptors (Lipinski definition) is 3. The molecular weight excluding hydrogens is 172 g/mol. The number of hydrogen-bond donors (Lipinski definition) is 1. The molecule has 1 rings (SSSR count). The van der Waals surface area contributed by atoms with E-state index in [0.29, 0.717) is 0 Å². The summed E-state index contributed by atoms with van der Waals surface area (Å²) in [5.41, 5.74) is -0.872. The van der Waals surface area contributed by atoms with Gasteiger partial charge >= 0.3 is 0 Å². The van der Waals surface area contributed by atoms with E-state index in [1.807, 2.05) is 24.4 Å². The molecule has 2 atom stereocenters. The topological polar surface area (TPSA) is 29.5 Å². The van der Waals surface area contributed by atoms with Crippen LogP contribution in [0.4, 0.5) is 0 Å². The normalized spacial score (nSPS) is 18.7. The third-order valence-electron chi connectivity index (χ3n) is 2.17. The second kappa shape index (κ2) is 3.56. The molecule has 68 valence electrons. The van der Waals surface area contributed by atoms with Crippen LogP contribution < -0.4 is 0 Å². The lowest BCUT2D eigenvalue weighted by Crippen LogP contribution is -2.34. The Morgan fingerprint density at radius 2 is 2.33 bits per heavy atom. The van der Waals surface area contributed by atoms with Gasteiger partial charge in [-0.1, -0.05) is 6.07 Å². The van der Waals surface area contributed by atoms with Gasteiger partial charge in [-0.15, -0.1) is 11.3 Å². The summed E-state index contributed by atoms with van der Waals surface area (Å²) in [7, 11) is 1.60. The molecular formula is C9H14O2S. The van der Waals surface area contributed by atoms with Gasteiger partial charge in [-0.05, 0) is 25.3 Å². The highest BCUT2D eigenvalue weighted by Gasteiger charge is 2.31. The summed E-state index contributed by atoms with van der Waals surface area (Å²) in [6.45, 7) is 3.63. The fraction of sp³-hybridized carbons (Fsp3) is 0.556. The first-order valence-electron chi connectivity index (χ1n) is 3.88. The van der Waals surface area contributed by atoms with Crippen molar-refractivity contribution in [3.8, 4) is 0 Å². The van der Waals surface area contributed by atoms with E-state index >= 15 is 0 Å². The zero-order valence-corrected chi connectivity index (χ0v) is 8.39. The largest absolute Gasteiger partial charge is 0.382 e. The zero-order valence-electron chi connectivity index (χ0n) is 7.57. The van der Waals surface area contributed by atoms with Crippen LogP contribution >= 0.6 is 11.3 Å². The van der Waals surface area contributed by atoms with Gasteiger partial charge in [-0.25, -0.2) is 0 Å². The Morgan fingerprint density at radius 1 is 1.67 bits per heavy atom. The first kappa shape index (κ1) is 9.71. The van der Waals surface area contributed by atoms with Gasteiger partial charge in [-0.2, -0.15) is 0 Å². The van der Waals surface area contributed by atoms with Crippen LogP contribution in [0.5, 0.6) is 0 Å². The van der Waals surface area contributed by atoms with Gasteiger partial charge in [0, 0.05) is 12.0 Å². The highest BCUT2D eigenvalue weighted by Crippen LogP contribution is 2.29. The van der Waals surface area contributed by atoms with Crippen LogP contribution in [-0.2, 0) is 10.3 Å². The first-order valence-corrected chi connectivity index (χ1v) is 4.76. The summed E-state index contributed by atoms with van der Waals surface area (Å²) < 4.78 is 5.10. The predicted octanol–water partition coefficient (Wildman–Crippen LogP) is 1.99. The van der Waals surface area contributed by atoms with Crippen molar-refractivity contribution in [1.82, 2.24) is 0 Å². The number of ether oxygens (including phenoxy) is 1. The van der Waals surface area contributed by atoms with Crippen LogP contribution in [0.1, 0.15) is 18.7 Å². The average molecular weight is 186 g/mol. The Labute approximate surface area is 76.8 Å². The van der Waals surface area contributed by atoms with Crippen molar-refractivity contribution in [2.45, 2.75) is 25.6 Å². The molecule has 3 heteroatoms. The second-order valence-corrected chi connectivity index (χ2v) is 3.95. The Hall–Kier alpha value is -0.380. The standard InChI is InChI=1S/C9H14O2S/c1-7(11-3)9(2,10)8-5-4-6-12-8/h4-7,10H,1-3H3. The molecule has 0 aliphatic rings. The van der Waals surface area contributed by atoms with Crippen LogP contribution in [0.25, 0.3) is 0 Å². The minimum atomic E-state index is -0.872. The molecule has 0 aliphatic carbocycles. The maximum absolute atomic E-state index is 10.0. The van der Waals surface area contributed by atoms with Crippen LogP contribution in [0.2, 0.25) is 0 Å². The SMILES string of the molecule is COC(C)C(C)(O)c1cccs1. The van der Waals surface area contributed by atoms with Crippen LogP contribution in [0.3, 0.4) is 0 Å². The van der Waals surface area contributed by atoms with Crippen molar-refractivity contribution in [2.75, 3.05) is 7.11 Å². The van der Waals surface area contributed by atoms with Crippen molar-refractivity contribution in [1.29, 1.82) is 0 Å². The fourth-order valence-electron chi connectivity index (χ4n) is 0.996. The summed E-state index contributed by atoms with van der Waals surface area (Å²) >= 11 is 1.54. The smallest absolute Gasteiger partial charge is 0.122 e. The van der Waals surface area contributed by atoms with E-state index in [0.717, 1.165) is 4.88 Å². The second-order valence-electron chi connectivity index (χ2n) is 3.00. The monoisotopic (exact) mass is 186 g/mol. The van der Waals surface area contributed by atoms with Gasteiger partial charge in [-0.3, -0.25) is 0 Å². The lowest BCUT2D eigenvalue weighted by molar-refractivity contribution is -0.0748. The van der Waals surface area contributed by atoms with E-state index in [9.17, 15) is 5.11 Å². The maximum atomic E-state index is 10.0. The highest BCUT2D eigenvalue weighted by atomic mass is 32.1. The number of methoxy groups -OCH3 is 1. The summed E-state index contributed by atoms with van der Waals surface area (Å²) in [4.78, 5) is 0.942. The molecule has 0 aromatic carbocycles. The van der Waals surface area contributed by atoms with E-state index in [2.05, 4.69) is 0 Å². The molecule has 0 aliphatic heterocycles. The Balaban J connectivity index is 2.85. The minimum absolute atomic E-state index is 0.184. The molecule has 0 saturated carbocycles. The van der Waals surface area contributed by atoms with Crippen molar-refractivity contribution in [2.24, 2.45) is 0 Å². The van der Waals surface area contributed by atoms with Crippen molar-refractivity contribution >= 4 is 11.3 Å². The zero-order chi connectivity index (χ0) is 9.19. The predicted molar refractivity (Wildman–Crippen MR) is 50.4 cm³/mol. The summed E-state index contributed by atoms with van der Waals surface area (Å²) in [5, 5.41) is 12.0. The number of rotatable bonds is 3. The van der Waals surface area contributed by atoms with Gasteiger partial charge in [0.15, 0.2) is 0 Å². The summed E-state index contributed by atoms with van der Waals surface area (Å²) in [5.74, 6) is 0. The lowest BCUT2D eigenvalue weighted by Gasteiger charge is -2.27. The minimum Gasteiger partial charge on any atom is -0.382 e. The molecule has 0 radical (unpaired) electrons. The fourth-order valence-corrected chi connectivity index (χ4v) is 1.86. The van der Waals surface area contributed by atoms with E-state index in [4.69, 9.17) is 4.74 Å². The number of thiophene rings is 1. The molecule has 0 spiro atoms. The molecule has 0 bridgehead atoms. The van der Waals surface area contributed by atoms with E-state index in [-0.39, 0.29) is 6.10 Å². The van der Waals surface area contributed by atoms with E-state index < -0.39 is 5.60 Å². The Kier molecular flexibility index (Phi) is 2.88.